The van der Waals surface area contributed by atoms with Gasteiger partial charge in [-0.2, -0.15) is 0 Å². The predicted octanol–water partition coefficient (Wildman–Crippen LogP) is 1.55. The number of halogens is 2. The highest BCUT2D eigenvalue weighted by molar-refractivity contribution is 7.89. The molecule has 15 heavy (non-hydrogen) atoms. The van der Waals surface area contributed by atoms with Gasteiger partial charge in [-0.05, 0) is 12.1 Å². The first-order chi connectivity index (χ1) is 6.75. The van der Waals surface area contributed by atoms with Crippen molar-refractivity contribution in [1.29, 1.82) is 0 Å². The summed E-state index contributed by atoms with van der Waals surface area (Å²) < 4.78 is 22.0. The van der Waals surface area contributed by atoms with Crippen LogP contribution in [0.25, 0.3) is 0 Å². The van der Waals surface area contributed by atoms with Gasteiger partial charge in [-0.15, -0.1) is 0 Å². The maximum Gasteiger partial charge on any atom is 0.309 e. The molecule has 0 spiro atoms. The molecular formula is C6H4Cl2N2O4S. The second-order valence-electron chi connectivity index (χ2n) is 2.51. The number of benzene rings is 1. The molecule has 0 saturated carbocycles. The third-order valence-electron chi connectivity index (χ3n) is 1.52. The number of nitrogens with two attached hydrogens (primary N) is 1. The van der Waals surface area contributed by atoms with Crippen molar-refractivity contribution in [1.82, 2.24) is 0 Å². The highest BCUT2D eigenvalue weighted by atomic mass is 35.5. The average molecular weight is 271 g/mol. The van der Waals surface area contributed by atoms with E-state index in [0.29, 0.717) is 0 Å². The normalized spacial score (nSPS) is 11.4. The molecule has 0 bridgehead atoms. The number of nitro groups is 1. The Balaban J connectivity index is 3.70. The van der Waals surface area contributed by atoms with Gasteiger partial charge in [0, 0.05) is 0 Å². The lowest BCUT2D eigenvalue weighted by Crippen LogP contribution is -2.14. The van der Waals surface area contributed by atoms with Gasteiger partial charge in [0.25, 0.3) is 0 Å². The number of nitro benzene ring substituents is 1. The summed E-state index contributed by atoms with van der Waals surface area (Å²) in [4.78, 5) is 8.97. The Bertz CT molecular complexity index is 528. The van der Waals surface area contributed by atoms with Crippen LogP contribution >= 0.6 is 23.2 Å². The molecule has 0 radical (unpaired) electrons. The van der Waals surface area contributed by atoms with Crippen molar-refractivity contribution in [2.45, 2.75) is 4.90 Å². The van der Waals surface area contributed by atoms with Gasteiger partial charge in [0.2, 0.25) is 10.0 Å². The molecule has 0 heterocycles. The molecule has 0 fully saturated rings. The lowest BCUT2D eigenvalue weighted by Gasteiger charge is -2.02. The fourth-order valence-corrected chi connectivity index (χ4v) is 2.07. The Morgan fingerprint density at radius 2 is 1.87 bits per heavy atom. The van der Waals surface area contributed by atoms with Crippen LogP contribution in [-0.4, -0.2) is 13.3 Å². The molecule has 0 aliphatic rings. The maximum atomic E-state index is 11.0. The lowest BCUT2D eigenvalue weighted by molar-refractivity contribution is -0.387. The summed E-state index contributed by atoms with van der Waals surface area (Å²) in [5, 5.41) is 14.8. The first-order valence-electron chi connectivity index (χ1n) is 3.40. The van der Waals surface area contributed by atoms with E-state index in [1.807, 2.05) is 0 Å². The van der Waals surface area contributed by atoms with Gasteiger partial charge in [-0.25, -0.2) is 13.6 Å². The van der Waals surface area contributed by atoms with Crippen LogP contribution in [-0.2, 0) is 10.0 Å². The SMILES string of the molecule is NS(=O)(=O)c1ccc(Cl)c(Cl)c1[N+](=O)[O-]. The molecule has 0 atom stereocenters. The van der Waals surface area contributed by atoms with E-state index >= 15 is 0 Å². The van der Waals surface area contributed by atoms with E-state index in [1.165, 1.54) is 0 Å². The van der Waals surface area contributed by atoms with Crippen LogP contribution in [0.4, 0.5) is 5.69 Å². The molecule has 0 saturated heterocycles. The van der Waals surface area contributed by atoms with E-state index in [2.05, 4.69) is 0 Å². The minimum atomic E-state index is -4.20. The number of primary sulfonamides is 1. The fraction of sp³-hybridized carbons (Fsp3) is 0. The van der Waals surface area contributed by atoms with Crippen LogP contribution in [0, 0.1) is 10.1 Å². The fourth-order valence-electron chi connectivity index (χ4n) is 0.922. The van der Waals surface area contributed by atoms with Crippen molar-refractivity contribution >= 4 is 38.9 Å². The molecule has 1 rings (SSSR count). The topological polar surface area (TPSA) is 103 Å². The summed E-state index contributed by atoms with van der Waals surface area (Å²) in [6.45, 7) is 0. The minimum absolute atomic E-state index is 0.115. The van der Waals surface area contributed by atoms with Crippen LogP contribution in [0.3, 0.4) is 0 Å². The molecule has 1 aromatic rings. The monoisotopic (exact) mass is 270 g/mol. The highest BCUT2D eigenvalue weighted by Crippen LogP contribution is 2.36. The predicted molar refractivity (Wildman–Crippen MR) is 54.5 cm³/mol. The van der Waals surface area contributed by atoms with Gasteiger partial charge in [-0.3, -0.25) is 10.1 Å². The van der Waals surface area contributed by atoms with Gasteiger partial charge in [0.15, 0.2) is 4.90 Å². The van der Waals surface area contributed by atoms with Crippen LogP contribution in [0.15, 0.2) is 17.0 Å². The summed E-state index contributed by atoms with van der Waals surface area (Å²) in [5.41, 5.74) is -0.813. The van der Waals surface area contributed by atoms with E-state index in [0.717, 1.165) is 12.1 Å². The zero-order valence-corrected chi connectivity index (χ0v) is 9.30. The molecule has 0 amide bonds. The van der Waals surface area contributed by atoms with Crippen molar-refractivity contribution < 1.29 is 13.3 Å². The van der Waals surface area contributed by atoms with Gasteiger partial charge in [0.1, 0.15) is 5.02 Å². The number of hydrogen-bond acceptors (Lipinski definition) is 4. The maximum absolute atomic E-state index is 11.0. The molecule has 6 nitrogen and oxygen atoms in total. The van der Waals surface area contributed by atoms with Crippen LogP contribution in [0.1, 0.15) is 0 Å². The Morgan fingerprint density at radius 1 is 1.33 bits per heavy atom. The van der Waals surface area contributed by atoms with Gasteiger partial charge in [0.05, 0.1) is 9.95 Å². The largest absolute Gasteiger partial charge is 0.309 e. The number of sulfonamides is 1. The van der Waals surface area contributed by atoms with Crippen LogP contribution < -0.4 is 5.14 Å². The Hall–Kier alpha value is -0.890. The quantitative estimate of drug-likeness (QED) is 0.650. The van der Waals surface area contributed by atoms with Gasteiger partial charge >= 0.3 is 5.69 Å². The summed E-state index contributed by atoms with van der Waals surface area (Å²) >= 11 is 11.0. The summed E-state index contributed by atoms with van der Waals surface area (Å²) in [7, 11) is -4.20. The van der Waals surface area contributed by atoms with Crippen molar-refractivity contribution in [3.05, 3.63) is 32.3 Å². The smallest absolute Gasteiger partial charge is 0.258 e. The third kappa shape index (κ3) is 2.37. The highest BCUT2D eigenvalue weighted by Gasteiger charge is 2.27. The molecule has 0 unspecified atom stereocenters. The minimum Gasteiger partial charge on any atom is -0.258 e. The summed E-state index contributed by atoms with van der Waals surface area (Å²) in [6.07, 6.45) is 0. The average Bonchev–Trinajstić information content (AvgIpc) is 2.06. The van der Waals surface area contributed by atoms with Crippen LogP contribution in [0.5, 0.6) is 0 Å². The second kappa shape index (κ2) is 3.93. The molecule has 0 aliphatic carbocycles. The van der Waals surface area contributed by atoms with E-state index in [4.69, 9.17) is 28.3 Å². The number of nitrogens with zero attached hydrogens (tertiary/aromatic N) is 1. The number of hydrogen-bond donors (Lipinski definition) is 1. The standard InChI is InChI=1S/C6H4Cl2N2O4S/c7-3-1-2-4(15(9,13)14)6(5(3)8)10(11)12/h1-2H,(H2,9,13,14). The first-order valence-corrected chi connectivity index (χ1v) is 5.70. The third-order valence-corrected chi connectivity index (χ3v) is 3.26. The zero-order valence-electron chi connectivity index (χ0n) is 6.98. The molecule has 0 aromatic heterocycles. The molecule has 1 aromatic carbocycles. The molecule has 82 valence electrons. The molecule has 2 N–H and O–H groups in total. The Labute approximate surface area is 94.8 Å². The van der Waals surface area contributed by atoms with E-state index < -0.39 is 30.6 Å². The van der Waals surface area contributed by atoms with Gasteiger partial charge < -0.3 is 0 Å². The zero-order chi connectivity index (χ0) is 11.8. The lowest BCUT2D eigenvalue weighted by atomic mass is 10.3. The summed E-state index contributed by atoms with van der Waals surface area (Å²) in [6, 6.07) is 2.05. The number of rotatable bonds is 2. The molecule has 9 heteroatoms. The Morgan fingerprint density at radius 3 is 2.27 bits per heavy atom. The molecule has 0 aliphatic heterocycles. The van der Waals surface area contributed by atoms with Crippen molar-refractivity contribution in [2.24, 2.45) is 5.14 Å². The van der Waals surface area contributed by atoms with E-state index in [-0.39, 0.29) is 5.02 Å². The first kappa shape index (κ1) is 12.2. The Kier molecular flexibility index (Phi) is 3.19. The van der Waals surface area contributed by atoms with Crippen molar-refractivity contribution in [2.75, 3.05) is 0 Å². The summed E-state index contributed by atoms with van der Waals surface area (Å²) in [5.74, 6) is 0. The van der Waals surface area contributed by atoms with E-state index in [1.54, 1.807) is 0 Å². The molecular weight excluding hydrogens is 267 g/mol. The van der Waals surface area contributed by atoms with Crippen molar-refractivity contribution in [3.63, 3.8) is 0 Å². The second-order valence-corrected chi connectivity index (χ2v) is 4.83. The van der Waals surface area contributed by atoms with E-state index in [9.17, 15) is 18.5 Å². The van der Waals surface area contributed by atoms with Gasteiger partial charge in [-0.1, -0.05) is 23.2 Å². The van der Waals surface area contributed by atoms with Crippen LogP contribution in [0.2, 0.25) is 10.0 Å². The van der Waals surface area contributed by atoms with Crippen molar-refractivity contribution in [3.8, 4) is 0 Å².